The molecule has 31 heavy (non-hydrogen) atoms. The molecule has 0 bridgehead atoms. The van der Waals surface area contributed by atoms with Gasteiger partial charge in [0.05, 0.1) is 23.8 Å². The molecular weight excluding hydrogens is 420 g/mol. The van der Waals surface area contributed by atoms with Gasteiger partial charge in [0.25, 0.3) is 0 Å². The molecule has 7 heteroatoms. The van der Waals surface area contributed by atoms with Crippen LogP contribution in [0.1, 0.15) is 40.1 Å². The number of ether oxygens (including phenoxy) is 2. The third-order valence-corrected chi connectivity index (χ3v) is 5.41. The summed E-state index contributed by atoms with van der Waals surface area (Å²) in [6, 6.07) is 14.8. The molecule has 2 aromatic carbocycles. The molecule has 0 spiro atoms. The van der Waals surface area contributed by atoms with Crippen LogP contribution >= 0.6 is 11.6 Å². The maximum Gasteiger partial charge on any atom is 0.328 e. The number of hydrogen-bond donors (Lipinski definition) is 0. The fourth-order valence-corrected chi connectivity index (χ4v) is 4.01. The zero-order chi connectivity index (χ0) is 22.6. The molecule has 6 nitrogen and oxygen atoms in total. The van der Waals surface area contributed by atoms with Gasteiger partial charge in [-0.05, 0) is 19.4 Å². The quantitative estimate of drug-likeness (QED) is 0.479. The van der Waals surface area contributed by atoms with Crippen molar-refractivity contribution in [2.75, 3.05) is 13.2 Å². The molecule has 0 fully saturated rings. The molecular formula is C24H21ClO6. The number of hydrogen-bond acceptors (Lipinski definition) is 6. The molecule has 1 aliphatic rings. The number of esters is 2. The minimum atomic E-state index is -2.23. The van der Waals surface area contributed by atoms with Gasteiger partial charge in [-0.15, -0.1) is 0 Å². The van der Waals surface area contributed by atoms with Gasteiger partial charge in [-0.3, -0.25) is 19.2 Å². The highest BCUT2D eigenvalue weighted by atomic mass is 35.5. The Morgan fingerprint density at radius 3 is 1.81 bits per heavy atom. The van der Waals surface area contributed by atoms with Gasteiger partial charge in [-0.2, -0.15) is 0 Å². The van der Waals surface area contributed by atoms with Crippen LogP contribution in [0.5, 0.6) is 0 Å². The van der Waals surface area contributed by atoms with Crippen molar-refractivity contribution in [3.8, 4) is 0 Å². The predicted octanol–water partition coefficient (Wildman–Crippen LogP) is 3.91. The summed E-state index contributed by atoms with van der Waals surface area (Å²) in [6.07, 6.45) is -0.252. The SMILES string of the molecule is CCOC(=O)C(Cc1ccccc1)(C(=O)OCC)C1=C(Cl)C(=O)c2ccccc2C1=O. The lowest BCUT2D eigenvalue weighted by atomic mass is 9.69. The Morgan fingerprint density at radius 2 is 1.29 bits per heavy atom. The van der Waals surface area contributed by atoms with Crippen LogP contribution < -0.4 is 0 Å². The maximum absolute atomic E-state index is 13.5. The Bertz CT molecular complexity index is 1050. The van der Waals surface area contributed by atoms with Gasteiger partial charge in [-0.25, -0.2) is 0 Å². The Balaban J connectivity index is 2.32. The third kappa shape index (κ3) is 3.91. The average molecular weight is 441 g/mol. The summed E-state index contributed by atoms with van der Waals surface area (Å²) in [7, 11) is 0. The van der Waals surface area contributed by atoms with Crippen LogP contribution in [0.15, 0.2) is 65.2 Å². The topological polar surface area (TPSA) is 86.7 Å². The monoisotopic (exact) mass is 440 g/mol. The minimum absolute atomic E-state index is 0.0433. The first-order chi connectivity index (χ1) is 14.9. The van der Waals surface area contributed by atoms with Crippen molar-refractivity contribution < 1.29 is 28.7 Å². The van der Waals surface area contributed by atoms with E-state index in [2.05, 4.69) is 0 Å². The Labute approximate surface area is 184 Å². The van der Waals surface area contributed by atoms with Gasteiger partial charge >= 0.3 is 11.9 Å². The van der Waals surface area contributed by atoms with E-state index in [1.807, 2.05) is 0 Å². The zero-order valence-corrected chi connectivity index (χ0v) is 17.9. The van der Waals surface area contributed by atoms with Crippen molar-refractivity contribution in [3.05, 3.63) is 81.9 Å². The number of allylic oxidation sites excluding steroid dienone is 1. The van der Waals surface area contributed by atoms with E-state index in [0.29, 0.717) is 5.56 Å². The van der Waals surface area contributed by atoms with E-state index >= 15 is 0 Å². The Morgan fingerprint density at radius 1 is 0.806 bits per heavy atom. The first kappa shape index (κ1) is 22.4. The van der Waals surface area contributed by atoms with Crippen LogP contribution in [0.25, 0.3) is 0 Å². The van der Waals surface area contributed by atoms with Crippen molar-refractivity contribution in [3.63, 3.8) is 0 Å². The van der Waals surface area contributed by atoms with Crippen molar-refractivity contribution in [2.24, 2.45) is 5.41 Å². The first-order valence-corrected chi connectivity index (χ1v) is 10.2. The van der Waals surface area contributed by atoms with E-state index in [4.69, 9.17) is 21.1 Å². The Kier molecular flexibility index (Phi) is 6.71. The average Bonchev–Trinajstić information content (AvgIpc) is 2.78. The molecule has 1 aliphatic carbocycles. The largest absolute Gasteiger partial charge is 0.465 e. The van der Waals surface area contributed by atoms with Gasteiger partial charge in [0, 0.05) is 17.5 Å². The molecule has 0 N–H and O–H groups in total. The van der Waals surface area contributed by atoms with E-state index in [9.17, 15) is 19.2 Å². The molecule has 0 unspecified atom stereocenters. The third-order valence-electron chi connectivity index (χ3n) is 5.05. The number of carbonyl (C=O) groups excluding carboxylic acids is 4. The molecule has 2 aromatic rings. The molecule has 0 aliphatic heterocycles. The van der Waals surface area contributed by atoms with Gasteiger partial charge in [-0.1, -0.05) is 66.2 Å². The van der Waals surface area contributed by atoms with Gasteiger partial charge in [0.1, 0.15) is 0 Å². The van der Waals surface area contributed by atoms with E-state index in [0.717, 1.165) is 0 Å². The molecule has 0 saturated heterocycles. The number of carbonyl (C=O) groups is 4. The van der Waals surface area contributed by atoms with Crippen molar-refractivity contribution in [1.29, 1.82) is 0 Å². The number of fused-ring (bicyclic) bond motifs is 1. The molecule has 0 aromatic heterocycles. The van der Waals surface area contributed by atoms with E-state index in [1.54, 1.807) is 56.3 Å². The summed E-state index contributed by atoms with van der Waals surface area (Å²) in [6.45, 7) is 3.07. The number of Topliss-reactive ketones (excluding diaryl/α,β-unsaturated/α-hetero) is 2. The van der Waals surface area contributed by atoms with Crippen LogP contribution in [-0.2, 0) is 25.5 Å². The van der Waals surface area contributed by atoms with Crippen molar-refractivity contribution in [2.45, 2.75) is 20.3 Å². The summed E-state index contributed by atoms with van der Waals surface area (Å²) >= 11 is 6.39. The lowest BCUT2D eigenvalue weighted by Crippen LogP contribution is -2.49. The number of rotatable bonds is 7. The highest BCUT2D eigenvalue weighted by Crippen LogP contribution is 2.43. The second kappa shape index (κ2) is 9.27. The lowest BCUT2D eigenvalue weighted by molar-refractivity contribution is -0.168. The van der Waals surface area contributed by atoms with Crippen LogP contribution in [0.4, 0.5) is 0 Å². The second-order valence-electron chi connectivity index (χ2n) is 6.90. The van der Waals surface area contributed by atoms with Crippen LogP contribution in [0.3, 0.4) is 0 Å². The van der Waals surface area contributed by atoms with E-state index < -0.39 is 39.5 Å². The highest BCUT2D eigenvalue weighted by molar-refractivity contribution is 6.51. The zero-order valence-electron chi connectivity index (χ0n) is 17.1. The van der Waals surface area contributed by atoms with E-state index in [1.165, 1.54) is 12.1 Å². The summed E-state index contributed by atoms with van der Waals surface area (Å²) in [5, 5.41) is -0.485. The first-order valence-electron chi connectivity index (χ1n) is 9.85. The van der Waals surface area contributed by atoms with Gasteiger partial charge in [0.15, 0.2) is 11.2 Å². The minimum Gasteiger partial charge on any atom is -0.465 e. The van der Waals surface area contributed by atoms with Gasteiger partial charge in [0.2, 0.25) is 5.78 Å². The molecule has 0 amide bonds. The predicted molar refractivity (Wildman–Crippen MR) is 114 cm³/mol. The van der Waals surface area contributed by atoms with Gasteiger partial charge < -0.3 is 9.47 Å². The lowest BCUT2D eigenvalue weighted by Gasteiger charge is -2.33. The van der Waals surface area contributed by atoms with Crippen molar-refractivity contribution in [1.82, 2.24) is 0 Å². The fraction of sp³-hybridized carbons (Fsp3) is 0.250. The molecule has 0 atom stereocenters. The number of ketones is 2. The second-order valence-corrected chi connectivity index (χ2v) is 7.28. The summed E-state index contributed by atoms with van der Waals surface area (Å²) < 4.78 is 10.4. The molecule has 160 valence electrons. The molecule has 0 radical (unpaired) electrons. The molecule has 0 saturated carbocycles. The summed E-state index contributed by atoms with van der Waals surface area (Å²) in [5.74, 6) is -3.31. The van der Waals surface area contributed by atoms with E-state index in [-0.39, 0.29) is 30.8 Å². The highest BCUT2D eigenvalue weighted by Gasteiger charge is 2.57. The fourth-order valence-electron chi connectivity index (χ4n) is 3.66. The van der Waals surface area contributed by atoms with Crippen LogP contribution in [0, 0.1) is 5.41 Å². The normalized spacial score (nSPS) is 13.6. The Hall–Kier alpha value is -3.25. The summed E-state index contributed by atoms with van der Waals surface area (Å²) in [4.78, 5) is 53.1. The van der Waals surface area contributed by atoms with Crippen LogP contribution in [0.2, 0.25) is 0 Å². The molecule has 3 rings (SSSR count). The number of halogens is 1. The van der Waals surface area contributed by atoms with Crippen molar-refractivity contribution >= 4 is 35.1 Å². The standard InChI is InChI=1S/C24H21ClO6/c1-3-30-22(28)24(23(29)31-4-2,14-15-10-6-5-7-11-15)18-19(25)21(27)17-13-9-8-12-16(17)20(18)26/h5-13H,3-4,14H2,1-2H3. The smallest absolute Gasteiger partial charge is 0.328 e. The maximum atomic E-state index is 13.5. The summed E-state index contributed by atoms with van der Waals surface area (Å²) in [5.41, 5.74) is -1.90. The van der Waals surface area contributed by atoms with Crippen LogP contribution in [-0.4, -0.2) is 36.7 Å². The number of benzene rings is 2. The molecule has 0 heterocycles.